The summed E-state index contributed by atoms with van der Waals surface area (Å²) in [7, 11) is -1.88. The van der Waals surface area contributed by atoms with Crippen molar-refractivity contribution < 1.29 is 13.5 Å². The molecule has 2 heterocycles. The molecule has 0 aliphatic heterocycles. The maximum atomic E-state index is 12.0. The molecule has 112 valence electrons. The number of aromatic nitrogens is 2. The van der Waals surface area contributed by atoms with Crippen molar-refractivity contribution in [2.45, 2.75) is 18.0 Å². The third-order valence-corrected chi connectivity index (χ3v) is 4.79. The van der Waals surface area contributed by atoms with E-state index in [1.54, 1.807) is 11.6 Å². The second-order valence-electron chi connectivity index (χ2n) is 4.24. The SMILES string of the molecule is Cn1cnc(S(=O)(=O)NCc2ccc(C#CCCO)s2)c1. The molecule has 2 N–H and O–H groups in total. The lowest BCUT2D eigenvalue weighted by atomic mass is 10.4. The minimum atomic E-state index is -3.59. The molecule has 0 spiro atoms. The number of thiophene rings is 1. The van der Waals surface area contributed by atoms with Gasteiger partial charge in [-0.05, 0) is 12.1 Å². The number of aliphatic hydroxyl groups excluding tert-OH is 1. The van der Waals surface area contributed by atoms with Crippen molar-refractivity contribution in [2.24, 2.45) is 7.05 Å². The number of aliphatic hydroxyl groups is 1. The average molecular weight is 325 g/mol. The van der Waals surface area contributed by atoms with E-state index in [0.29, 0.717) is 6.42 Å². The van der Waals surface area contributed by atoms with Crippen molar-refractivity contribution in [3.8, 4) is 11.8 Å². The van der Waals surface area contributed by atoms with Crippen LogP contribution in [0.4, 0.5) is 0 Å². The maximum absolute atomic E-state index is 12.0. The van der Waals surface area contributed by atoms with Crippen molar-refractivity contribution in [1.29, 1.82) is 0 Å². The summed E-state index contributed by atoms with van der Waals surface area (Å²) in [5, 5.41) is 8.65. The second-order valence-corrected chi connectivity index (χ2v) is 7.13. The van der Waals surface area contributed by atoms with Crippen molar-refractivity contribution >= 4 is 21.4 Å². The van der Waals surface area contributed by atoms with E-state index in [-0.39, 0.29) is 18.2 Å². The number of imidazole rings is 1. The zero-order valence-corrected chi connectivity index (χ0v) is 13.0. The molecule has 2 aromatic rings. The predicted octanol–water partition coefficient (Wildman–Crippen LogP) is 0.694. The van der Waals surface area contributed by atoms with Crippen LogP contribution in [0.1, 0.15) is 16.2 Å². The highest BCUT2D eigenvalue weighted by molar-refractivity contribution is 7.89. The van der Waals surface area contributed by atoms with Crippen LogP contribution in [0.3, 0.4) is 0 Å². The number of nitrogens with zero attached hydrogens (tertiary/aromatic N) is 2. The van der Waals surface area contributed by atoms with E-state index in [1.165, 1.54) is 23.9 Å². The van der Waals surface area contributed by atoms with Gasteiger partial charge in [0.1, 0.15) is 0 Å². The molecule has 2 aromatic heterocycles. The molecule has 0 bridgehead atoms. The summed E-state index contributed by atoms with van der Waals surface area (Å²) in [5.41, 5.74) is 0. The molecule has 0 aromatic carbocycles. The fraction of sp³-hybridized carbons (Fsp3) is 0.308. The topological polar surface area (TPSA) is 84.2 Å². The summed E-state index contributed by atoms with van der Waals surface area (Å²) in [6.07, 6.45) is 3.32. The lowest BCUT2D eigenvalue weighted by Gasteiger charge is -2.01. The molecule has 0 radical (unpaired) electrons. The second kappa shape index (κ2) is 6.87. The normalized spacial score (nSPS) is 11.1. The zero-order valence-electron chi connectivity index (χ0n) is 11.4. The Hall–Kier alpha value is -1.66. The highest BCUT2D eigenvalue weighted by Gasteiger charge is 2.16. The molecule has 0 unspecified atom stereocenters. The number of hydrogen-bond acceptors (Lipinski definition) is 5. The Bertz CT molecular complexity index is 766. The summed E-state index contributed by atoms with van der Waals surface area (Å²) in [4.78, 5) is 5.53. The Morgan fingerprint density at radius 1 is 1.48 bits per heavy atom. The van der Waals surface area contributed by atoms with Gasteiger partial charge in [0.25, 0.3) is 10.0 Å². The Kier molecular flexibility index (Phi) is 5.14. The van der Waals surface area contributed by atoms with Crippen LogP contribution in [0.15, 0.2) is 29.7 Å². The molecule has 0 aliphatic rings. The Morgan fingerprint density at radius 3 is 2.95 bits per heavy atom. The summed E-state index contributed by atoms with van der Waals surface area (Å²) < 4.78 is 28.1. The fourth-order valence-electron chi connectivity index (χ4n) is 1.51. The van der Waals surface area contributed by atoms with Gasteiger partial charge in [0.2, 0.25) is 0 Å². The molecule has 21 heavy (non-hydrogen) atoms. The van der Waals surface area contributed by atoms with Crippen LogP contribution in [0.25, 0.3) is 0 Å². The highest BCUT2D eigenvalue weighted by atomic mass is 32.2. The van der Waals surface area contributed by atoms with Crippen LogP contribution in [-0.4, -0.2) is 29.7 Å². The molecule has 0 atom stereocenters. The van der Waals surface area contributed by atoms with Crippen LogP contribution in [0, 0.1) is 11.8 Å². The molecule has 0 saturated heterocycles. The van der Waals surface area contributed by atoms with Crippen LogP contribution >= 0.6 is 11.3 Å². The maximum Gasteiger partial charge on any atom is 0.259 e. The van der Waals surface area contributed by atoms with Crippen molar-refractivity contribution in [1.82, 2.24) is 14.3 Å². The molecule has 8 heteroatoms. The molecule has 6 nitrogen and oxygen atoms in total. The summed E-state index contributed by atoms with van der Waals surface area (Å²) in [5.74, 6) is 5.74. The van der Waals surface area contributed by atoms with E-state index in [1.807, 2.05) is 12.1 Å². The van der Waals surface area contributed by atoms with Crippen molar-refractivity contribution in [3.63, 3.8) is 0 Å². The van der Waals surface area contributed by atoms with Gasteiger partial charge in [-0.2, -0.15) is 0 Å². The third-order valence-electron chi connectivity index (χ3n) is 2.50. The van der Waals surface area contributed by atoms with Gasteiger partial charge in [-0.1, -0.05) is 11.8 Å². The first kappa shape index (κ1) is 15.7. The number of sulfonamides is 1. The minimum Gasteiger partial charge on any atom is -0.395 e. The fourth-order valence-corrected chi connectivity index (χ4v) is 3.41. The Labute approximate surface area is 127 Å². The van der Waals surface area contributed by atoms with Crippen molar-refractivity contribution in [3.05, 3.63) is 34.4 Å². The van der Waals surface area contributed by atoms with Crippen LogP contribution in [0.5, 0.6) is 0 Å². The van der Waals surface area contributed by atoms with E-state index in [4.69, 9.17) is 5.11 Å². The number of hydrogen-bond donors (Lipinski definition) is 2. The van der Waals surface area contributed by atoms with Gasteiger partial charge in [0.05, 0.1) is 17.8 Å². The van der Waals surface area contributed by atoms with E-state index < -0.39 is 10.0 Å². The summed E-state index contributed by atoms with van der Waals surface area (Å²) in [6.45, 7) is 0.236. The van der Waals surface area contributed by atoms with Crippen LogP contribution in [0.2, 0.25) is 0 Å². The van der Waals surface area contributed by atoms with Gasteiger partial charge >= 0.3 is 0 Å². The highest BCUT2D eigenvalue weighted by Crippen LogP contribution is 2.16. The quantitative estimate of drug-likeness (QED) is 0.793. The number of aryl methyl sites for hydroxylation is 1. The smallest absolute Gasteiger partial charge is 0.259 e. The molecule has 0 fully saturated rings. The summed E-state index contributed by atoms with van der Waals surface area (Å²) in [6, 6.07) is 3.66. The van der Waals surface area contributed by atoms with E-state index in [0.717, 1.165) is 9.75 Å². The molecule has 0 aliphatic carbocycles. The molecule has 2 rings (SSSR count). The molecular formula is C13H15N3O3S2. The number of rotatable bonds is 5. The predicted molar refractivity (Wildman–Crippen MR) is 80.1 cm³/mol. The zero-order chi connectivity index (χ0) is 15.3. The van der Waals surface area contributed by atoms with Gasteiger partial charge in [0, 0.05) is 31.1 Å². The third kappa shape index (κ3) is 4.41. The van der Waals surface area contributed by atoms with E-state index >= 15 is 0 Å². The lowest BCUT2D eigenvalue weighted by molar-refractivity contribution is 0.305. The van der Waals surface area contributed by atoms with Crippen LogP contribution in [-0.2, 0) is 23.6 Å². The van der Waals surface area contributed by atoms with Crippen molar-refractivity contribution in [2.75, 3.05) is 6.61 Å². The first-order valence-corrected chi connectivity index (χ1v) is 8.47. The van der Waals surface area contributed by atoms with E-state index in [9.17, 15) is 8.42 Å². The van der Waals surface area contributed by atoms with Gasteiger partial charge in [-0.25, -0.2) is 18.1 Å². The molecule has 0 saturated carbocycles. The Morgan fingerprint density at radius 2 is 2.29 bits per heavy atom. The van der Waals surface area contributed by atoms with Crippen LogP contribution < -0.4 is 4.72 Å². The van der Waals surface area contributed by atoms with Gasteiger partial charge in [-0.15, -0.1) is 11.3 Å². The monoisotopic (exact) mass is 325 g/mol. The molecular weight excluding hydrogens is 310 g/mol. The first-order valence-electron chi connectivity index (χ1n) is 6.17. The van der Waals surface area contributed by atoms with Gasteiger partial charge in [-0.3, -0.25) is 0 Å². The van der Waals surface area contributed by atoms with Gasteiger partial charge in [0.15, 0.2) is 5.03 Å². The average Bonchev–Trinajstić information content (AvgIpc) is 3.06. The largest absolute Gasteiger partial charge is 0.395 e. The Balaban J connectivity index is 1.99. The number of nitrogens with one attached hydrogen (secondary N) is 1. The first-order chi connectivity index (χ1) is 10.0. The van der Waals surface area contributed by atoms with Gasteiger partial charge < -0.3 is 9.67 Å². The van der Waals surface area contributed by atoms with E-state index in [2.05, 4.69) is 21.5 Å². The summed E-state index contributed by atoms with van der Waals surface area (Å²) >= 11 is 1.42. The lowest BCUT2D eigenvalue weighted by Crippen LogP contribution is -2.23. The minimum absolute atomic E-state index is 0.00418. The standard InChI is InChI=1S/C13H15N3O3S2/c1-16-9-13(14-10-16)21(18,19)15-8-12-6-5-11(20-12)4-2-3-7-17/h5-6,9-10,15,17H,3,7-8H2,1H3. The molecule has 0 amide bonds.